The van der Waals surface area contributed by atoms with Crippen molar-refractivity contribution < 1.29 is 19.0 Å². The zero-order valence-corrected chi connectivity index (χ0v) is 10.2. The molecule has 0 aliphatic carbocycles. The first kappa shape index (κ1) is 12.8. The van der Waals surface area contributed by atoms with E-state index in [9.17, 15) is 9.18 Å². The van der Waals surface area contributed by atoms with Crippen molar-refractivity contribution in [2.45, 2.75) is 25.4 Å². The van der Waals surface area contributed by atoms with Gasteiger partial charge in [0, 0.05) is 12.2 Å². The number of aliphatic hydroxyl groups is 1. The number of hydrogen-bond donors (Lipinski definition) is 1. The highest BCUT2D eigenvalue weighted by Crippen LogP contribution is 2.29. The van der Waals surface area contributed by atoms with Crippen molar-refractivity contribution >= 4 is 6.09 Å². The van der Waals surface area contributed by atoms with E-state index in [1.807, 2.05) is 6.92 Å². The zero-order chi connectivity index (χ0) is 13.2. The van der Waals surface area contributed by atoms with E-state index in [1.165, 1.54) is 11.0 Å². The molecule has 1 unspecified atom stereocenters. The lowest BCUT2D eigenvalue weighted by Gasteiger charge is -2.31. The first-order chi connectivity index (χ1) is 8.57. The van der Waals surface area contributed by atoms with Crippen LogP contribution in [0.25, 0.3) is 0 Å². The van der Waals surface area contributed by atoms with Crippen molar-refractivity contribution in [1.82, 2.24) is 4.90 Å². The van der Waals surface area contributed by atoms with Crippen molar-refractivity contribution in [2.24, 2.45) is 0 Å². The summed E-state index contributed by atoms with van der Waals surface area (Å²) in [6, 6.07) is 6.33. The van der Waals surface area contributed by atoms with E-state index in [2.05, 4.69) is 0 Å². The Bertz CT molecular complexity index is 452. The van der Waals surface area contributed by atoms with Crippen LogP contribution in [0.15, 0.2) is 24.3 Å². The largest absolute Gasteiger partial charge is 0.447 e. The van der Waals surface area contributed by atoms with Crippen LogP contribution in [-0.4, -0.2) is 34.9 Å². The maximum Gasteiger partial charge on any atom is 0.410 e. The third kappa shape index (κ3) is 2.31. The van der Waals surface area contributed by atoms with Crippen molar-refractivity contribution in [3.8, 4) is 0 Å². The number of halogens is 1. The van der Waals surface area contributed by atoms with Crippen LogP contribution in [0.3, 0.4) is 0 Å². The van der Waals surface area contributed by atoms with Crippen LogP contribution < -0.4 is 0 Å². The number of nitrogens with zero attached hydrogens (tertiary/aromatic N) is 1. The Kier molecular flexibility index (Phi) is 3.52. The predicted molar refractivity (Wildman–Crippen MR) is 63.4 cm³/mol. The zero-order valence-electron chi connectivity index (χ0n) is 10.2. The number of carbonyl (C=O) groups is 1. The topological polar surface area (TPSA) is 49.8 Å². The molecule has 4 nitrogen and oxygen atoms in total. The average Bonchev–Trinajstić information content (AvgIpc) is 2.61. The van der Waals surface area contributed by atoms with Gasteiger partial charge in [-0.3, -0.25) is 4.90 Å². The highest BCUT2D eigenvalue weighted by atomic mass is 19.1. The summed E-state index contributed by atoms with van der Waals surface area (Å²) >= 11 is 0. The van der Waals surface area contributed by atoms with Gasteiger partial charge in [0.2, 0.25) is 0 Å². The van der Waals surface area contributed by atoms with Crippen LogP contribution in [-0.2, 0) is 11.3 Å². The van der Waals surface area contributed by atoms with Gasteiger partial charge in [-0.05, 0) is 19.4 Å². The van der Waals surface area contributed by atoms with Gasteiger partial charge in [-0.1, -0.05) is 18.2 Å². The molecule has 5 heteroatoms. The average molecular weight is 253 g/mol. The molecule has 0 spiro atoms. The molecule has 1 heterocycles. The van der Waals surface area contributed by atoms with Crippen LogP contribution in [0.5, 0.6) is 0 Å². The fraction of sp³-hybridized carbons (Fsp3) is 0.462. The monoisotopic (exact) mass is 253 g/mol. The Morgan fingerprint density at radius 2 is 2.22 bits per heavy atom. The Morgan fingerprint density at radius 3 is 2.89 bits per heavy atom. The summed E-state index contributed by atoms with van der Waals surface area (Å²) in [6.45, 7) is 2.17. The summed E-state index contributed by atoms with van der Waals surface area (Å²) in [5, 5.41) is 9.05. The van der Waals surface area contributed by atoms with Crippen LogP contribution in [0.4, 0.5) is 9.18 Å². The smallest absolute Gasteiger partial charge is 0.410 e. The van der Waals surface area contributed by atoms with Gasteiger partial charge in [0.1, 0.15) is 12.4 Å². The highest BCUT2D eigenvalue weighted by Gasteiger charge is 2.43. The van der Waals surface area contributed by atoms with Crippen molar-refractivity contribution in [1.29, 1.82) is 0 Å². The number of carbonyl (C=O) groups excluding carboxylic acids is 1. The third-order valence-electron chi connectivity index (χ3n) is 3.32. The minimum absolute atomic E-state index is 0.0408. The maximum atomic E-state index is 13.6. The Balaban J connectivity index is 2.21. The van der Waals surface area contributed by atoms with E-state index in [0.29, 0.717) is 12.0 Å². The lowest BCUT2D eigenvalue weighted by atomic mass is 9.97. The molecule has 1 saturated heterocycles. The van der Waals surface area contributed by atoms with Gasteiger partial charge in [0.05, 0.1) is 12.1 Å². The first-order valence-corrected chi connectivity index (χ1v) is 5.85. The summed E-state index contributed by atoms with van der Waals surface area (Å²) in [4.78, 5) is 13.2. The number of rotatable bonds is 4. The second kappa shape index (κ2) is 4.94. The van der Waals surface area contributed by atoms with Crippen LogP contribution in [0.2, 0.25) is 0 Å². The molecule has 1 atom stereocenters. The lowest BCUT2D eigenvalue weighted by Crippen LogP contribution is -2.44. The normalized spacial score (nSPS) is 23.3. The molecule has 1 aromatic rings. The summed E-state index contributed by atoms with van der Waals surface area (Å²) in [6.07, 6.45) is -0.0538. The molecule has 0 saturated carbocycles. The molecule has 1 aliphatic rings. The highest BCUT2D eigenvalue weighted by molar-refractivity contribution is 5.71. The van der Waals surface area contributed by atoms with E-state index in [1.54, 1.807) is 18.2 Å². The number of hydrogen-bond acceptors (Lipinski definition) is 3. The number of amides is 1. The quantitative estimate of drug-likeness (QED) is 0.891. The summed E-state index contributed by atoms with van der Waals surface area (Å²) in [7, 11) is 0. The van der Waals surface area contributed by atoms with Gasteiger partial charge in [-0.25, -0.2) is 9.18 Å². The second-order valence-corrected chi connectivity index (χ2v) is 4.70. The minimum Gasteiger partial charge on any atom is -0.447 e. The SMILES string of the molecule is CC1(CCO)COC(=O)N1Cc1ccccc1F. The number of ether oxygens (including phenoxy) is 1. The van der Waals surface area contributed by atoms with E-state index >= 15 is 0 Å². The van der Waals surface area contributed by atoms with Crippen LogP contribution in [0, 0.1) is 5.82 Å². The van der Waals surface area contributed by atoms with Gasteiger partial charge in [-0.2, -0.15) is 0 Å². The van der Waals surface area contributed by atoms with E-state index in [4.69, 9.17) is 9.84 Å². The molecule has 18 heavy (non-hydrogen) atoms. The fourth-order valence-corrected chi connectivity index (χ4v) is 2.09. The van der Waals surface area contributed by atoms with E-state index in [0.717, 1.165) is 0 Å². The van der Waals surface area contributed by atoms with Gasteiger partial charge in [0.25, 0.3) is 0 Å². The Morgan fingerprint density at radius 1 is 1.50 bits per heavy atom. The standard InChI is InChI=1S/C13H16FNO3/c1-13(6-7-16)9-18-12(17)15(13)8-10-4-2-3-5-11(10)14/h2-5,16H,6-9H2,1H3. The molecule has 2 rings (SSSR count). The molecule has 1 fully saturated rings. The van der Waals surface area contributed by atoms with Crippen molar-refractivity contribution in [3.63, 3.8) is 0 Å². The van der Waals surface area contributed by atoms with Gasteiger partial charge < -0.3 is 9.84 Å². The van der Waals surface area contributed by atoms with Gasteiger partial charge in [-0.15, -0.1) is 0 Å². The summed E-state index contributed by atoms with van der Waals surface area (Å²) in [5.74, 6) is -0.344. The molecule has 1 aromatic carbocycles. The first-order valence-electron chi connectivity index (χ1n) is 5.85. The van der Waals surface area contributed by atoms with Crippen LogP contribution in [0.1, 0.15) is 18.9 Å². The fourth-order valence-electron chi connectivity index (χ4n) is 2.09. The summed E-state index contributed by atoms with van der Waals surface area (Å²) in [5.41, 5.74) is -0.130. The third-order valence-corrected chi connectivity index (χ3v) is 3.32. The van der Waals surface area contributed by atoms with E-state index in [-0.39, 0.29) is 25.6 Å². The summed E-state index contributed by atoms with van der Waals surface area (Å²) < 4.78 is 18.6. The molecule has 0 bridgehead atoms. The van der Waals surface area contributed by atoms with Crippen molar-refractivity contribution in [2.75, 3.05) is 13.2 Å². The van der Waals surface area contributed by atoms with Crippen molar-refractivity contribution in [3.05, 3.63) is 35.6 Å². The molecule has 1 aliphatic heterocycles. The number of aliphatic hydroxyl groups excluding tert-OH is 1. The number of benzene rings is 1. The molecular formula is C13H16FNO3. The Labute approximate surface area is 105 Å². The molecule has 1 amide bonds. The maximum absolute atomic E-state index is 13.6. The molecule has 1 N–H and O–H groups in total. The molecule has 0 aromatic heterocycles. The van der Waals surface area contributed by atoms with E-state index < -0.39 is 11.6 Å². The number of cyclic esters (lactones) is 1. The predicted octanol–water partition coefficient (Wildman–Crippen LogP) is 1.92. The molecule has 0 radical (unpaired) electrons. The lowest BCUT2D eigenvalue weighted by molar-refractivity contribution is 0.130. The van der Waals surface area contributed by atoms with Gasteiger partial charge in [0.15, 0.2) is 0 Å². The van der Waals surface area contributed by atoms with Crippen LogP contribution >= 0.6 is 0 Å². The molecular weight excluding hydrogens is 237 g/mol. The Hall–Kier alpha value is -1.62. The second-order valence-electron chi connectivity index (χ2n) is 4.70. The minimum atomic E-state index is -0.575. The molecule has 98 valence electrons. The van der Waals surface area contributed by atoms with Gasteiger partial charge >= 0.3 is 6.09 Å².